The van der Waals surface area contributed by atoms with Crippen LogP contribution in [0.3, 0.4) is 0 Å². The fraction of sp³-hybridized carbons (Fsp3) is 0.615. The van der Waals surface area contributed by atoms with Gasteiger partial charge in [-0.3, -0.25) is 4.79 Å². The summed E-state index contributed by atoms with van der Waals surface area (Å²) >= 11 is 1.83. The van der Waals surface area contributed by atoms with E-state index in [4.69, 9.17) is 0 Å². The van der Waals surface area contributed by atoms with Crippen LogP contribution in [0.1, 0.15) is 23.6 Å². The minimum Gasteiger partial charge on any atom is -0.469 e. The Morgan fingerprint density at radius 1 is 1.47 bits per heavy atom. The molecule has 1 aromatic heterocycles. The molecule has 0 bridgehead atoms. The average molecular weight is 255 g/mol. The lowest BCUT2D eigenvalue weighted by atomic mass is 10.1. The Hall–Kier alpha value is -0.870. The van der Waals surface area contributed by atoms with Gasteiger partial charge in [-0.2, -0.15) is 0 Å². The molecule has 0 aromatic carbocycles. The van der Waals surface area contributed by atoms with Crippen molar-refractivity contribution in [2.24, 2.45) is 5.92 Å². The van der Waals surface area contributed by atoms with Gasteiger partial charge >= 0.3 is 5.97 Å². The number of ether oxygens (including phenoxy) is 1. The fourth-order valence-electron chi connectivity index (χ4n) is 1.63. The zero-order valence-corrected chi connectivity index (χ0v) is 11.8. The minimum atomic E-state index is -0.156. The highest BCUT2D eigenvalue weighted by Crippen LogP contribution is 2.16. The molecule has 0 aliphatic heterocycles. The van der Waals surface area contributed by atoms with Gasteiger partial charge in [-0.1, -0.05) is 6.92 Å². The van der Waals surface area contributed by atoms with Crippen LogP contribution in [0.5, 0.6) is 0 Å². The van der Waals surface area contributed by atoms with Gasteiger partial charge in [-0.05, 0) is 32.4 Å². The molecule has 0 fully saturated rings. The average Bonchev–Trinajstić information content (AvgIpc) is 2.70. The van der Waals surface area contributed by atoms with E-state index < -0.39 is 0 Å². The smallest absolute Gasteiger partial charge is 0.309 e. The maximum Gasteiger partial charge on any atom is 0.309 e. The molecule has 96 valence electrons. The molecule has 0 radical (unpaired) electrons. The Bertz CT molecular complexity index is 362. The van der Waals surface area contributed by atoms with Gasteiger partial charge in [0.1, 0.15) is 0 Å². The van der Waals surface area contributed by atoms with Gasteiger partial charge in [0.05, 0.1) is 13.0 Å². The number of carbonyl (C=O) groups excluding carboxylic acids is 1. The summed E-state index contributed by atoms with van der Waals surface area (Å²) < 4.78 is 4.69. The maximum atomic E-state index is 11.2. The lowest BCUT2D eigenvalue weighted by molar-refractivity contribution is -0.144. The second-order valence-corrected chi connectivity index (χ2v) is 5.82. The standard InChI is InChI=1S/C13H21NO2S/c1-9(13(15)16-4)8-14-10(2)7-12-6-5-11(3)17-12/h5-6,9-10,14H,7-8H2,1-4H3. The largest absolute Gasteiger partial charge is 0.469 e. The van der Waals surface area contributed by atoms with Crippen molar-refractivity contribution in [3.8, 4) is 0 Å². The maximum absolute atomic E-state index is 11.2. The predicted octanol–water partition coefficient (Wildman–Crippen LogP) is 2.39. The SMILES string of the molecule is COC(=O)C(C)CNC(C)Cc1ccc(C)s1. The van der Waals surface area contributed by atoms with Gasteiger partial charge in [0.25, 0.3) is 0 Å². The Balaban J connectivity index is 2.30. The zero-order chi connectivity index (χ0) is 12.8. The van der Waals surface area contributed by atoms with Crippen LogP contribution in [0.2, 0.25) is 0 Å². The molecule has 0 spiro atoms. The number of methoxy groups -OCH3 is 1. The first-order valence-corrected chi connectivity index (χ1v) is 6.71. The van der Waals surface area contributed by atoms with Crippen LogP contribution in [0, 0.1) is 12.8 Å². The summed E-state index contributed by atoms with van der Waals surface area (Å²) in [7, 11) is 1.43. The third kappa shape index (κ3) is 4.88. The normalized spacial score (nSPS) is 14.4. The van der Waals surface area contributed by atoms with Gasteiger partial charge in [0.15, 0.2) is 0 Å². The van der Waals surface area contributed by atoms with E-state index in [1.54, 1.807) is 0 Å². The number of aryl methyl sites for hydroxylation is 1. The van der Waals surface area contributed by atoms with Crippen molar-refractivity contribution >= 4 is 17.3 Å². The summed E-state index contributed by atoms with van der Waals surface area (Å²) in [6.07, 6.45) is 1.01. The third-order valence-electron chi connectivity index (χ3n) is 2.68. The monoisotopic (exact) mass is 255 g/mol. The zero-order valence-electron chi connectivity index (χ0n) is 10.9. The van der Waals surface area contributed by atoms with E-state index in [0.29, 0.717) is 12.6 Å². The second kappa shape index (κ2) is 6.77. The predicted molar refractivity (Wildman–Crippen MR) is 71.4 cm³/mol. The number of rotatable bonds is 6. The molecular weight excluding hydrogens is 234 g/mol. The molecule has 4 heteroatoms. The molecule has 0 amide bonds. The van der Waals surface area contributed by atoms with E-state index >= 15 is 0 Å². The number of esters is 1. The van der Waals surface area contributed by atoms with Crippen molar-refractivity contribution in [1.29, 1.82) is 0 Å². The van der Waals surface area contributed by atoms with E-state index in [-0.39, 0.29) is 11.9 Å². The van der Waals surface area contributed by atoms with Gasteiger partial charge in [-0.15, -0.1) is 11.3 Å². The Kier molecular flexibility index (Phi) is 5.65. The molecule has 2 unspecified atom stereocenters. The topological polar surface area (TPSA) is 38.3 Å². The van der Waals surface area contributed by atoms with Crippen LogP contribution < -0.4 is 5.32 Å². The Labute approximate surface area is 107 Å². The molecule has 17 heavy (non-hydrogen) atoms. The number of hydrogen-bond donors (Lipinski definition) is 1. The molecule has 1 N–H and O–H groups in total. The van der Waals surface area contributed by atoms with Gasteiger partial charge in [0, 0.05) is 22.3 Å². The van der Waals surface area contributed by atoms with Crippen LogP contribution in [0.4, 0.5) is 0 Å². The summed E-state index contributed by atoms with van der Waals surface area (Å²) in [6.45, 7) is 6.80. The first-order valence-electron chi connectivity index (χ1n) is 5.89. The molecule has 0 saturated carbocycles. The number of carbonyl (C=O) groups is 1. The van der Waals surface area contributed by atoms with E-state index in [1.807, 2.05) is 18.3 Å². The third-order valence-corrected chi connectivity index (χ3v) is 3.70. The highest BCUT2D eigenvalue weighted by Gasteiger charge is 2.14. The lowest BCUT2D eigenvalue weighted by Crippen LogP contribution is -2.34. The number of hydrogen-bond acceptors (Lipinski definition) is 4. The summed E-state index contributed by atoms with van der Waals surface area (Å²) in [6, 6.07) is 4.69. The number of thiophene rings is 1. The quantitative estimate of drug-likeness (QED) is 0.793. The van der Waals surface area contributed by atoms with Crippen molar-refractivity contribution in [3.63, 3.8) is 0 Å². The van der Waals surface area contributed by atoms with Gasteiger partial charge in [0.2, 0.25) is 0 Å². The van der Waals surface area contributed by atoms with Crippen LogP contribution in [0.25, 0.3) is 0 Å². The highest BCUT2D eigenvalue weighted by atomic mass is 32.1. The van der Waals surface area contributed by atoms with E-state index in [1.165, 1.54) is 16.9 Å². The van der Waals surface area contributed by atoms with Crippen LogP contribution in [0.15, 0.2) is 12.1 Å². The Morgan fingerprint density at radius 3 is 2.71 bits per heavy atom. The molecule has 0 aliphatic rings. The van der Waals surface area contributed by atoms with Gasteiger partial charge in [-0.25, -0.2) is 0 Å². The van der Waals surface area contributed by atoms with Crippen LogP contribution >= 0.6 is 11.3 Å². The van der Waals surface area contributed by atoms with E-state index in [9.17, 15) is 4.79 Å². The summed E-state index contributed by atoms with van der Waals surface area (Å²) in [5, 5.41) is 3.36. The molecule has 2 atom stereocenters. The fourth-order valence-corrected chi connectivity index (χ4v) is 2.65. The molecule has 3 nitrogen and oxygen atoms in total. The van der Waals surface area contributed by atoms with Crippen LogP contribution in [-0.4, -0.2) is 25.7 Å². The first-order chi connectivity index (χ1) is 8.02. The molecule has 1 aromatic rings. The van der Waals surface area contributed by atoms with Crippen molar-refractivity contribution in [1.82, 2.24) is 5.32 Å². The van der Waals surface area contributed by atoms with E-state index in [2.05, 4.69) is 36.0 Å². The van der Waals surface area contributed by atoms with Gasteiger partial charge < -0.3 is 10.1 Å². The summed E-state index contributed by atoms with van der Waals surface area (Å²) in [4.78, 5) is 14.0. The molecule has 0 saturated heterocycles. The molecular formula is C13H21NO2S. The second-order valence-electron chi connectivity index (χ2n) is 4.45. The summed E-state index contributed by atoms with van der Waals surface area (Å²) in [5.74, 6) is -0.246. The van der Waals surface area contributed by atoms with Crippen molar-refractivity contribution < 1.29 is 9.53 Å². The van der Waals surface area contributed by atoms with Crippen molar-refractivity contribution in [2.75, 3.05) is 13.7 Å². The molecule has 0 aliphatic carbocycles. The highest BCUT2D eigenvalue weighted by molar-refractivity contribution is 7.11. The lowest BCUT2D eigenvalue weighted by Gasteiger charge is -2.15. The molecule has 1 rings (SSSR count). The number of nitrogens with one attached hydrogen (secondary N) is 1. The van der Waals surface area contributed by atoms with E-state index in [0.717, 1.165) is 6.42 Å². The first kappa shape index (κ1) is 14.2. The minimum absolute atomic E-state index is 0.0903. The van der Waals surface area contributed by atoms with Crippen LogP contribution in [-0.2, 0) is 16.0 Å². The van der Waals surface area contributed by atoms with Crippen molar-refractivity contribution in [3.05, 3.63) is 21.9 Å². The molecule has 1 heterocycles. The summed E-state index contributed by atoms with van der Waals surface area (Å²) in [5.41, 5.74) is 0. The Morgan fingerprint density at radius 2 is 2.18 bits per heavy atom. The van der Waals surface area contributed by atoms with Crippen molar-refractivity contribution in [2.45, 2.75) is 33.2 Å².